The second-order valence-corrected chi connectivity index (χ2v) is 9.36. The molecule has 1 fully saturated rings. The maximum atomic E-state index is 15.1. The number of para-hydroxylation sites is 1. The maximum absolute atomic E-state index is 15.1. The van der Waals surface area contributed by atoms with E-state index in [9.17, 15) is 14.4 Å². The van der Waals surface area contributed by atoms with Crippen LogP contribution in [0.3, 0.4) is 0 Å². The molecule has 182 valence electrons. The molecule has 4 rings (SSSR count). The Labute approximate surface area is 204 Å². The number of nitrogens with one attached hydrogen (secondary N) is 2. The zero-order valence-corrected chi connectivity index (χ0v) is 20.5. The second kappa shape index (κ2) is 9.02. The Kier molecular flexibility index (Phi) is 6.23. The van der Waals surface area contributed by atoms with Crippen molar-refractivity contribution in [3.05, 3.63) is 70.7 Å². The predicted molar refractivity (Wildman–Crippen MR) is 135 cm³/mol. The maximum Gasteiger partial charge on any atom is 0.329 e. The van der Waals surface area contributed by atoms with E-state index in [1.165, 1.54) is 12.1 Å². The van der Waals surface area contributed by atoms with Gasteiger partial charge >= 0.3 is 6.03 Å². The van der Waals surface area contributed by atoms with E-state index in [-0.39, 0.29) is 16.8 Å². The number of anilines is 2. The summed E-state index contributed by atoms with van der Waals surface area (Å²) in [5.74, 6) is -1.69. The van der Waals surface area contributed by atoms with E-state index in [1.54, 1.807) is 18.2 Å². The molecule has 2 heterocycles. The Morgan fingerprint density at radius 3 is 2.57 bits per heavy atom. The van der Waals surface area contributed by atoms with Gasteiger partial charge < -0.3 is 15.5 Å². The van der Waals surface area contributed by atoms with Crippen molar-refractivity contribution in [2.24, 2.45) is 0 Å². The first-order valence-electron chi connectivity index (χ1n) is 11.5. The van der Waals surface area contributed by atoms with Crippen LogP contribution >= 0.6 is 0 Å². The zero-order valence-electron chi connectivity index (χ0n) is 20.5. The van der Waals surface area contributed by atoms with Crippen LogP contribution in [0.25, 0.3) is 11.6 Å². The molecule has 0 saturated carbocycles. The lowest BCUT2D eigenvalue weighted by Crippen LogP contribution is -2.45. The third kappa shape index (κ3) is 4.56. The fraction of sp³-hybridized carbons (Fsp3) is 0.296. The lowest BCUT2D eigenvalue weighted by Gasteiger charge is -2.42. The number of fused-ring (bicyclic) bond motifs is 1. The van der Waals surface area contributed by atoms with Gasteiger partial charge in [-0.25, -0.2) is 14.1 Å². The summed E-state index contributed by atoms with van der Waals surface area (Å²) in [6.45, 7) is 10.2. The second-order valence-electron chi connectivity index (χ2n) is 9.36. The molecule has 1 saturated heterocycles. The Balaban J connectivity index is 1.58. The lowest BCUT2D eigenvalue weighted by atomic mass is 9.88. The highest BCUT2D eigenvalue weighted by molar-refractivity contribution is 6.16. The van der Waals surface area contributed by atoms with Gasteiger partial charge in [0.1, 0.15) is 18.1 Å². The lowest BCUT2D eigenvalue weighted by molar-refractivity contribution is -0.127. The number of urea groups is 1. The van der Waals surface area contributed by atoms with Crippen LogP contribution in [0.1, 0.15) is 44.4 Å². The molecule has 0 bridgehead atoms. The number of halogens is 1. The van der Waals surface area contributed by atoms with Crippen molar-refractivity contribution >= 4 is 40.9 Å². The number of aryl methyl sites for hydroxylation is 1. The van der Waals surface area contributed by atoms with Crippen LogP contribution in [0.5, 0.6) is 0 Å². The first-order valence-corrected chi connectivity index (χ1v) is 11.5. The molecule has 7 nitrogen and oxygen atoms in total. The van der Waals surface area contributed by atoms with Crippen molar-refractivity contribution in [3.63, 3.8) is 0 Å². The Morgan fingerprint density at radius 1 is 1.17 bits per heavy atom. The number of carbonyl (C=O) groups excluding carboxylic acids is 3. The Bertz CT molecular complexity index is 1300. The summed E-state index contributed by atoms with van der Waals surface area (Å²) in [4.78, 5) is 40.7. The molecule has 2 N–H and O–H groups in total. The summed E-state index contributed by atoms with van der Waals surface area (Å²) in [6, 6.07) is 9.63. The fourth-order valence-corrected chi connectivity index (χ4v) is 4.72. The van der Waals surface area contributed by atoms with Gasteiger partial charge in [-0.1, -0.05) is 24.3 Å². The molecule has 0 spiro atoms. The molecule has 0 radical (unpaired) electrons. The van der Waals surface area contributed by atoms with E-state index in [1.807, 2.05) is 32.9 Å². The van der Waals surface area contributed by atoms with Crippen LogP contribution in [0.2, 0.25) is 0 Å². The van der Waals surface area contributed by atoms with E-state index < -0.39 is 30.2 Å². The summed E-state index contributed by atoms with van der Waals surface area (Å²) in [6.07, 6.45) is 3.45. The van der Waals surface area contributed by atoms with Crippen molar-refractivity contribution in [1.29, 1.82) is 0 Å². The number of hydrogen-bond donors (Lipinski definition) is 2. The number of allylic oxidation sites excluding steroid dienone is 1. The van der Waals surface area contributed by atoms with Crippen LogP contribution in [0.4, 0.5) is 20.6 Å². The van der Waals surface area contributed by atoms with Gasteiger partial charge in [-0.3, -0.25) is 9.59 Å². The number of imide groups is 1. The first-order chi connectivity index (χ1) is 16.5. The number of hydrogen-bond acceptors (Lipinski definition) is 4. The van der Waals surface area contributed by atoms with Gasteiger partial charge in [0, 0.05) is 29.0 Å². The predicted octanol–water partition coefficient (Wildman–Crippen LogP) is 4.69. The minimum absolute atomic E-state index is 0.0809. The van der Waals surface area contributed by atoms with E-state index in [0.29, 0.717) is 12.2 Å². The average molecular weight is 477 g/mol. The van der Waals surface area contributed by atoms with E-state index in [0.717, 1.165) is 27.3 Å². The van der Waals surface area contributed by atoms with Crippen molar-refractivity contribution < 1.29 is 18.8 Å². The molecular weight excluding hydrogens is 447 g/mol. The van der Waals surface area contributed by atoms with Crippen LogP contribution in [0.15, 0.2) is 48.2 Å². The molecule has 4 amide bonds. The van der Waals surface area contributed by atoms with Gasteiger partial charge in [0.15, 0.2) is 0 Å². The Hall–Kier alpha value is -3.94. The number of carbonyl (C=O) groups is 3. The molecule has 35 heavy (non-hydrogen) atoms. The van der Waals surface area contributed by atoms with Gasteiger partial charge in [-0.15, -0.1) is 0 Å². The molecule has 2 aromatic carbocycles. The van der Waals surface area contributed by atoms with E-state index >= 15 is 4.39 Å². The van der Waals surface area contributed by atoms with Crippen molar-refractivity contribution in [2.45, 2.75) is 40.2 Å². The summed E-state index contributed by atoms with van der Waals surface area (Å²) >= 11 is 0. The number of amides is 4. The third-order valence-corrected chi connectivity index (χ3v) is 6.40. The number of nitrogens with zero attached hydrogens (tertiary/aromatic N) is 2. The van der Waals surface area contributed by atoms with Crippen LogP contribution < -0.4 is 15.5 Å². The van der Waals surface area contributed by atoms with Crippen LogP contribution in [0, 0.1) is 12.7 Å². The van der Waals surface area contributed by atoms with Gasteiger partial charge in [-0.05, 0) is 70.0 Å². The normalized spacial score (nSPS) is 17.9. The van der Waals surface area contributed by atoms with E-state index in [2.05, 4.69) is 35.5 Å². The summed E-state index contributed by atoms with van der Waals surface area (Å²) in [5.41, 5.74) is 3.96. The molecule has 0 atom stereocenters. The van der Waals surface area contributed by atoms with Crippen molar-refractivity contribution in [1.82, 2.24) is 10.2 Å². The highest BCUT2D eigenvalue weighted by Gasteiger charge is 2.36. The van der Waals surface area contributed by atoms with Crippen molar-refractivity contribution in [2.75, 3.05) is 23.3 Å². The molecule has 2 aromatic rings. The van der Waals surface area contributed by atoms with Gasteiger partial charge in [0.25, 0.3) is 5.91 Å². The quantitative estimate of drug-likeness (QED) is 0.485. The minimum atomic E-state index is -0.727. The molecule has 0 aliphatic carbocycles. The van der Waals surface area contributed by atoms with Gasteiger partial charge in [0.05, 0.1) is 5.54 Å². The molecule has 2 aliphatic rings. The highest BCUT2D eigenvalue weighted by atomic mass is 19.1. The summed E-state index contributed by atoms with van der Waals surface area (Å²) in [5, 5.41) is 5.17. The van der Waals surface area contributed by atoms with Gasteiger partial charge in [0.2, 0.25) is 5.91 Å². The number of rotatable bonds is 5. The highest BCUT2D eigenvalue weighted by Crippen LogP contribution is 2.40. The Morgan fingerprint density at radius 2 is 1.89 bits per heavy atom. The fourth-order valence-electron chi connectivity index (χ4n) is 4.72. The van der Waals surface area contributed by atoms with E-state index in [4.69, 9.17) is 0 Å². The average Bonchev–Trinajstić information content (AvgIpc) is 3.03. The SMILES string of the molecule is CCN1c2cc(F)c(/C=C3/NC(=O)N(CC(=O)Nc4ccccc4C)C3=O)cc2C(C)=CC1(C)C. The molecule has 0 aromatic heterocycles. The first kappa shape index (κ1) is 24.2. The largest absolute Gasteiger partial charge is 0.363 e. The number of likely N-dealkylation sites (N-methyl/N-ethyl adjacent to an activating group) is 1. The smallest absolute Gasteiger partial charge is 0.329 e. The molecule has 0 unspecified atom stereocenters. The summed E-state index contributed by atoms with van der Waals surface area (Å²) in [7, 11) is 0. The molecule has 8 heteroatoms. The van der Waals surface area contributed by atoms with Gasteiger partial charge in [-0.2, -0.15) is 0 Å². The monoisotopic (exact) mass is 476 g/mol. The van der Waals surface area contributed by atoms with Crippen LogP contribution in [-0.4, -0.2) is 41.4 Å². The zero-order chi connectivity index (χ0) is 25.5. The summed E-state index contributed by atoms with van der Waals surface area (Å²) < 4.78 is 15.1. The molecular formula is C27H29FN4O3. The van der Waals surface area contributed by atoms with Crippen LogP contribution in [-0.2, 0) is 9.59 Å². The molecule has 2 aliphatic heterocycles. The standard InChI is InChI=1S/C27H29FN4O3/c1-6-32-23-13-20(28)18(11-19(23)17(3)14-27(32,4)5)12-22-25(34)31(26(35)30-22)15-24(33)29-21-10-8-7-9-16(21)2/h7-14H,6,15H2,1-5H3,(H,29,33)(H,30,35)/b22-12+. The topological polar surface area (TPSA) is 81.8 Å². The third-order valence-electron chi connectivity index (χ3n) is 6.40. The van der Waals surface area contributed by atoms with Crippen molar-refractivity contribution in [3.8, 4) is 0 Å². The minimum Gasteiger partial charge on any atom is -0.363 e. The number of benzene rings is 2.